The molecule has 0 saturated carbocycles. The number of hydrogen-bond donors (Lipinski definition) is 0. The van der Waals surface area contributed by atoms with Crippen LogP contribution in [0.3, 0.4) is 0 Å². The number of para-hydroxylation sites is 2. The topological polar surface area (TPSA) is 43.6 Å². The maximum Gasteiger partial charge on any atom is 0.179 e. The van der Waals surface area contributed by atoms with Crippen LogP contribution >= 0.6 is 11.3 Å². The van der Waals surface area contributed by atoms with Gasteiger partial charge in [0.25, 0.3) is 0 Å². The standard InChI is InChI=1S/C63H42N4SSi/c1-4-20-48(21-5-1)69(49-22-6-2-7-23-49,50-24-8-3-9-25-50)51-40-38-45(39-41-51)62-64-61(44-36-34-43(35-37-44)52-29-17-30-56-55-28-12-15-33-59(55)68-60(52)56)65-63(66-62)46-18-16-19-47(42-46)67-57-31-13-10-26-53(57)54-27-11-14-32-58(54)67/h1-42H. The number of nitrogens with zero attached hydrogens (tertiary/aromatic N) is 4. The molecule has 0 radical (unpaired) electrons. The molecule has 0 fully saturated rings. The van der Waals surface area contributed by atoms with E-state index in [-0.39, 0.29) is 0 Å². The number of hydrogen-bond acceptors (Lipinski definition) is 4. The molecule has 0 amide bonds. The molecule has 4 nitrogen and oxygen atoms in total. The summed E-state index contributed by atoms with van der Waals surface area (Å²) < 4.78 is 4.93. The number of rotatable bonds is 9. The van der Waals surface area contributed by atoms with E-state index in [0.29, 0.717) is 17.5 Å². The second-order valence-electron chi connectivity index (χ2n) is 17.5. The van der Waals surface area contributed by atoms with Gasteiger partial charge in [-0.2, -0.15) is 0 Å². The summed E-state index contributed by atoms with van der Waals surface area (Å²) in [6, 6.07) is 92.0. The molecule has 0 aliphatic heterocycles. The molecule has 0 bridgehead atoms. The van der Waals surface area contributed by atoms with E-state index in [1.165, 1.54) is 57.3 Å². The van der Waals surface area contributed by atoms with E-state index in [4.69, 9.17) is 15.0 Å². The van der Waals surface area contributed by atoms with Crippen LogP contribution in [-0.2, 0) is 0 Å². The molecule has 0 spiro atoms. The van der Waals surface area contributed by atoms with Crippen molar-refractivity contribution < 1.29 is 0 Å². The number of thiophene rings is 1. The molecule has 3 heterocycles. The second kappa shape index (κ2) is 17.0. The molecule has 10 aromatic carbocycles. The van der Waals surface area contributed by atoms with E-state index in [2.05, 4.69) is 259 Å². The van der Waals surface area contributed by atoms with E-state index in [9.17, 15) is 0 Å². The number of aromatic nitrogens is 4. The van der Waals surface area contributed by atoms with Gasteiger partial charge in [0.15, 0.2) is 25.5 Å². The average molecular weight is 915 g/mol. The summed E-state index contributed by atoms with van der Waals surface area (Å²) in [5, 5.41) is 10.3. The predicted octanol–water partition coefficient (Wildman–Crippen LogP) is 13.4. The molecule has 0 N–H and O–H groups in total. The first-order chi connectivity index (χ1) is 34.2. The highest BCUT2D eigenvalue weighted by Gasteiger charge is 2.41. The fourth-order valence-electron chi connectivity index (χ4n) is 10.5. The first kappa shape index (κ1) is 40.7. The quantitative estimate of drug-likeness (QED) is 0.107. The van der Waals surface area contributed by atoms with Crippen molar-refractivity contribution in [3.05, 3.63) is 255 Å². The first-order valence-corrected chi connectivity index (χ1v) is 26.2. The van der Waals surface area contributed by atoms with Gasteiger partial charge in [0.05, 0.1) is 11.0 Å². The zero-order valence-electron chi connectivity index (χ0n) is 37.4. The molecule has 69 heavy (non-hydrogen) atoms. The number of benzene rings is 10. The third kappa shape index (κ3) is 6.91. The SMILES string of the molecule is c1ccc([Si](c2ccccc2)(c2ccccc2)c2ccc(-c3nc(-c4ccc(-c5cccc6c5sc5ccccc56)cc4)nc(-c4cccc(-n5c6ccccc6c6ccccc65)c4)n3)cc2)cc1. The molecular formula is C63H42N4SSi. The normalized spacial score (nSPS) is 11.8. The van der Waals surface area contributed by atoms with Gasteiger partial charge in [-0.1, -0.05) is 224 Å². The van der Waals surface area contributed by atoms with Crippen LogP contribution in [0.1, 0.15) is 0 Å². The van der Waals surface area contributed by atoms with Gasteiger partial charge in [0.1, 0.15) is 0 Å². The fourth-order valence-corrected chi connectivity index (χ4v) is 16.4. The molecule has 0 saturated heterocycles. The highest BCUT2D eigenvalue weighted by molar-refractivity contribution is 7.26. The maximum absolute atomic E-state index is 5.31. The van der Waals surface area contributed by atoms with Crippen LogP contribution in [0.25, 0.3) is 93.0 Å². The monoisotopic (exact) mass is 914 g/mol. The Morgan fingerprint density at radius 3 is 1.33 bits per heavy atom. The van der Waals surface area contributed by atoms with Crippen LogP contribution < -0.4 is 20.7 Å². The van der Waals surface area contributed by atoms with Crippen LogP contribution in [0.15, 0.2) is 255 Å². The van der Waals surface area contributed by atoms with Gasteiger partial charge in [0.2, 0.25) is 0 Å². The summed E-state index contributed by atoms with van der Waals surface area (Å²) in [6.45, 7) is 0. The molecule has 6 heteroatoms. The van der Waals surface area contributed by atoms with Gasteiger partial charge >= 0.3 is 0 Å². The van der Waals surface area contributed by atoms with Gasteiger partial charge in [-0.15, -0.1) is 11.3 Å². The first-order valence-electron chi connectivity index (χ1n) is 23.3. The Morgan fingerprint density at radius 2 is 0.754 bits per heavy atom. The molecule has 13 aromatic rings. The largest absolute Gasteiger partial charge is 0.309 e. The molecule has 3 aromatic heterocycles. The Kier molecular flexibility index (Phi) is 10.00. The van der Waals surface area contributed by atoms with Gasteiger partial charge in [-0.05, 0) is 62.2 Å². The Hall–Kier alpha value is -8.55. The van der Waals surface area contributed by atoms with E-state index < -0.39 is 8.07 Å². The fraction of sp³-hybridized carbons (Fsp3) is 0. The Balaban J connectivity index is 0.964. The lowest BCUT2D eigenvalue weighted by molar-refractivity contribution is 1.07. The van der Waals surface area contributed by atoms with Crippen LogP contribution in [0.4, 0.5) is 0 Å². The smallest absolute Gasteiger partial charge is 0.179 e. The lowest BCUT2D eigenvalue weighted by atomic mass is 10.0. The summed E-state index contributed by atoms with van der Waals surface area (Å²) in [5.41, 5.74) is 8.48. The van der Waals surface area contributed by atoms with E-state index in [1.54, 1.807) is 0 Å². The van der Waals surface area contributed by atoms with E-state index in [0.717, 1.165) is 39.0 Å². The van der Waals surface area contributed by atoms with E-state index >= 15 is 0 Å². The third-order valence-electron chi connectivity index (χ3n) is 13.6. The van der Waals surface area contributed by atoms with Crippen molar-refractivity contribution in [2.45, 2.75) is 0 Å². The Labute approximate surface area is 405 Å². The molecule has 324 valence electrons. The minimum absolute atomic E-state index is 0.613. The molecule has 0 atom stereocenters. The molecule has 13 rings (SSSR count). The van der Waals surface area contributed by atoms with Crippen LogP contribution in [0, 0.1) is 0 Å². The maximum atomic E-state index is 5.31. The van der Waals surface area contributed by atoms with E-state index in [1.807, 2.05) is 11.3 Å². The van der Waals surface area contributed by atoms with Crippen molar-refractivity contribution >= 4 is 82.1 Å². The van der Waals surface area contributed by atoms with Crippen molar-refractivity contribution in [2.24, 2.45) is 0 Å². The molecule has 0 unspecified atom stereocenters. The van der Waals surface area contributed by atoms with Crippen molar-refractivity contribution in [2.75, 3.05) is 0 Å². The lowest BCUT2D eigenvalue weighted by Crippen LogP contribution is -2.74. The summed E-state index contributed by atoms with van der Waals surface area (Å²) in [5.74, 6) is 1.85. The van der Waals surface area contributed by atoms with Gasteiger partial charge in [-0.3, -0.25) is 0 Å². The van der Waals surface area contributed by atoms with Crippen molar-refractivity contribution in [3.8, 4) is 51.0 Å². The van der Waals surface area contributed by atoms with Crippen molar-refractivity contribution in [1.82, 2.24) is 19.5 Å². The Morgan fingerprint density at radius 1 is 0.319 bits per heavy atom. The molecule has 0 aliphatic carbocycles. The summed E-state index contributed by atoms with van der Waals surface area (Å²) in [6.07, 6.45) is 0. The third-order valence-corrected chi connectivity index (χ3v) is 19.7. The van der Waals surface area contributed by atoms with Gasteiger partial charge < -0.3 is 4.57 Å². The average Bonchev–Trinajstić information content (AvgIpc) is 3.98. The summed E-state index contributed by atoms with van der Waals surface area (Å²) >= 11 is 1.85. The van der Waals surface area contributed by atoms with Crippen LogP contribution in [0.2, 0.25) is 0 Å². The second-order valence-corrected chi connectivity index (χ2v) is 22.4. The highest BCUT2D eigenvalue weighted by atomic mass is 32.1. The highest BCUT2D eigenvalue weighted by Crippen LogP contribution is 2.40. The number of fused-ring (bicyclic) bond motifs is 6. The van der Waals surface area contributed by atoms with Crippen LogP contribution in [0.5, 0.6) is 0 Å². The lowest BCUT2D eigenvalue weighted by Gasteiger charge is -2.34. The van der Waals surface area contributed by atoms with Gasteiger partial charge in [0, 0.05) is 53.3 Å². The zero-order valence-corrected chi connectivity index (χ0v) is 39.3. The minimum Gasteiger partial charge on any atom is -0.309 e. The predicted molar refractivity (Wildman–Crippen MR) is 292 cm³/mol. The van der Waals surface area contributed by atoms with Crippen LogP contribution in [-0.4, -0.2) is 27.6 Å². The van der Waals surface area contributed by atoms with Crippen molar-refractivity contribution in [3.63, 3.8) is 0 Å². The van der Waals surface area contributed by atoms with Gasteiger partial charge in [-0.25, -0.2) is 15.0 Å². The zero-order chi connectivity index (χ0) is 45.7. The Bertz CT molecular complexity index is 3850. The minimum atomic E-state index is -2.74. The summed E-state index contributed by atoms with van der Waals surface area (Å²) in [7, 11) is -2.74. The van der Waals surface area contributed by atoms with Crippen molar-refractivity contribution in [1.29, 1.82) is 0 Å². The molecular weight excluding hydrogens is 873 g/mol. The summed E-state index contributed by atoms with van der Waals surface area (Å²) in [4.78, 5) is 15.9. The molecule has 0 aliphatic rings.